The molecule has 2 aliphatic carbocycles. The first-order chi connectivity index (χ1) is 11.1. The lowest BCUT2D eigenvalue weighted by Gasteiger charge is -2.55. The Balaban J connectivity index is 2.16. The maximum Gasteiger partial charge on any atom is 0.309 e. The zero-order chi connectivity index (χ0) is 17.9. The first-order valence-corrected chi connectivity index (χ1v) is 8.88. The van der Waals surface area contributed by atoms with Crippen LogP contribution < -0.4 is 0 Å². The predicted molar refractivity (Wildman–Crippen MR) is 92.3 cm³/mol. The molecule has 1 fully saturated rings. The molecule has 0 aromatic heterocycles. The Labute approximate surface area is 143 Å². The van der Waals surface area contributed by atoms with E-state index >= 15 is 0 Å². The second-order valence-electron chi connectivity index (χ2n) is 8.48. The maximum atomic E-state index is 12.0. The molecule has 3 N–H and O–H groups in total. The molecule has 0 aliphatic heterocycles. The number of phenolic OH excluding ortho intramolecular Hbond substituents is 1. The summed E-state index contributed by atoms with van der Waals surface area (Å²) in [6.45, 7) is 7.95. The molecule has 24 heavy (non-hydrogen) atoms. The molecule has 4 unspecified atom stereocenters. The number of aromatic hydroxyl groups is 1. The molecule has 132 valence electrons. The molecule has 0 heterocycles. The normalized spacial score (nSPS) is 35.4. The summed E-state index contributed by atoms with van der Waals surface area (Å²) in [6, 6.07) is 4.02. The fourth-order valence-electron chi connectivity index (χ4n) is 5.41. The fourth-order valence-corrected chi connectivity index (χ4v) is 5.41. The summed E-state index contributed by atoms with van der Waals surface area (Å²) in [7, 11) is 0. The van der Waals surface area contributed by atoms with Crippen molar-refractivity contribution in [1.29, 1.82) is 0 Å². The minimum absolute atomic E-state index is 0.0392. The van der Waals surface area contributed by atoms with Gasteiger partial charge in [0.15, 0.2) is 0 Å². The highest BCUT2D eigenvalue weighted by Crippen LogP contribution is 2.58. The van der Waals surface area contributed by atoms with Crippen LogP contribution in [-0.2, 0) is 16.6 Å². The highest BCUT2D eigenvalue weighted by atomic mass is 16.4. The van der Waals surface area contributed by atoms with Crippen molar-refractivity contribution < 1.29 is 20.1 Å². The molecule has 3 rings (SSSR count). The molecule has 1 aromatic rings. The molecule has 1 saturated carbocycles. The third-order valence-corrected chi connectivity index (χ3v) is 6.58. The van der Waals surface area contributed by atoms with Gasteiger partial charge in [-0.1, -0.05) is 32.9 Å². The van der Waals surface area contributed by atoms with Gasteiger partial charge in [0, 0.05) is 0 Å². The molecule has 4 nitrogen and oxygen atoms in total. The van der Waals surface area contributed by atoms with Gasteiger partial charge in [-0.05, 0) is 66.5 Å². The predicted octanol–water partition coefficient (Wildman–Crippen LogP) is 3.58. The van der Waals surface area contributed by atoms with Crippen molar-refractivity contribution in [2.75, 3.05) is 0 Å². The molecular weight excluding hydrogens is 304 g/mol. The van der Waals surface area contributed by atoms with Crippen LogP contribution in [0.25, 0.3) is 0 Å². The number of aliphatic hydroxyl groups excluding tert-OH is 1. The van der Waals surface area contributed by atoms with E-state index < -0.39 is 22.9 Å². The summed E-state index contributed by atoms with van der Waals surface area (Å²) in [5, 5.41) is 31.0. The minimum Gasteiger partial charge on any atom is -0.507 e. The van der Waals surface area contributed by atoms with Crippen LogP contribution >= 0.6 is 0 Å². The van der Waals surface area contributed by atoms with Crippen LogP contribution in [0.15, 0.2) is 12.1 Å². The van der Waals surface area contributed by atoms with Crippen LogP contribution in [0.3, 0.4) is 0 Å². The second kappa shape index (κ2) is 5.48. The van der Waals surface area contributed by atoms with E-state index in [2.05, 4.69) is 26.8 Å². The lowest BCUT2D eigenvalue weighted by Crippen LogP contribution is -2.56. The third kappa shape index (κ3) is 2.26. The number of fused-ring (bicyclic) bond motifs is 3. The van der Waals surface area contributed by atoms with Gasteiger partial charge in [0.1, 0.15) is 5.75 Å². The third-order valence-electron chi connectivity index (χ3n) is 6.58. The number of carbonyl (C=O) groups is 1. The number of rotatable bonds is 2. The topological polar surface area (TPSA) is 77.8 Å². The first-order valence-electron chi connectivity index (χ1n) is 8.88. The first kappa shape index (κ1) is 17.3. The number of benzene rings is 1. The molecule has 0 saturated heterocycles. The summed E-state index contributed by atoms with van der Waals surface area (Å²) in [5.41, 5.74) is 1.55. The van der Waals surface area contributed by atoms with Crippen LogP contribution in [0.1, 0.15) is 69.6 Å². The van der Waals surface area contributed by atoms with Crippen LogP contribution in [0.5, 0.6) is 5.75 Å². The van der Waals surface area contributed by atoms with Gasteiger partial charge in [-0.2, -0.15) is 0 Å². The molecule has 4 heteroatoms. The van der Waals surface area contributed by atoms with Crippen molar-refractivity contribution in [1.82, 2.24) is 0 Å². The quantitative estimate of drug-likeness (QED) is 0.773. The SMILES string of the molecule is CC(C)c1ccc2c(c1O)CCC1C(C)(C(=O)O)CC(O)CC21C. The molecular formula is C20H28O4. The molecule has 0 amide bonds. The van der Waals surface area contributed by atoms with Gasteiger partial charge < -0.3 is 15.3 Å². The van der Waals surface area contributed by atoms with Gasteiger partial charge in [0.2, 0.25) is 0 Å². The van der Waals surface area contributed by atoms with Crippen molar-refractivity contribution in [3.8, 4) is 5.75 Å². The summed E-state index contributed by atoms with van der Waals surface area (Å²) in [6.07, 6.45) is 1.64. The number of aliphatic hydroxyl groups is 1. The zero-order valence-corrected chi connectivity index (χ0v) is 15.0. The van der Waals surface area contributed by atoms with Crippen molar-refractivity contribution in [3.05, 3.63) is 28.8 Å². The van der Waals surface area contributed by atoms with Crippen molar-refractivity contribution in [3.63, 3.8) is 0 Å². The van der Waals surface area contributed by atoms with Gasteiger partial charge >= 0.3 is 5.97 Å². The second-order valence-corrected chi connectivity index (χ2v) is 8.48. The Morgan fingerprint density at radius 2 is 1.92 bits per heavy atom. The molecule has 0 radical (unpaired) electrons. The van der Waals surface area contributed by atoms with E-state index in [1.807, 2.05) is 6.07 Å². The molecule has 2 aliphatic rings. The number of hydrogen-bond acceptors (Lipinski definition) is 3. The average molecular weight is 332 g/mol. The number of carboxylic acid groups (broad SMARTS) is 1. The lowest BCUT2D eigenvalue weighted by atomic mass is 9.49. The van der Waals surface area contributed by atoms with E-state index in [-0.39, 0.29) is 11.8 Å². The maximum absolute atomic E-state index is 12.0. The monoisotopic (exact) mass is 332 g/mol. The van der Waals surface area contributed by atoms with Gasteiger partial charge in [0.05, 0.1) is 11.5 Å². The Hall–Kier alpha value is -1.55. The van der Waals surface area contributed by atoms with Crippen LogP contribution in [-0.4, -0.2) is 27.4 Å². The largest absolute Gasteiger partial charge is 0.507 e. The summed E-state index contributed by atoms with van der Waals surface area (Å²) in [5.74, 6) is -0.270. The van der Waals surface area contributed by atoms with Gasteiger partial charge in [0.25, 0.3) is 0 Å². The van der Waals surface area contributed by atoms with Gasteiger partial charge in [-0.15, -0.1) is 0 Å². The number of phenols is 1. The Morgan fingerprint density at radius 1 is 1.25 bits per heavy atom. The summed E-state index contributed by atoms with van der Waals surface area (Å²) < 4.78 is 0. The van der Waals surface area contributed by atoms with Crippen molar-refractivity contribution in [2.24, 2.45) is 11.3 Å². The van der Waals surface area contributed by atoms with E-state index in [1.54, 1.807) is 6.92 Å². The Bertz CT molecular complexity index is 680. The molecule has 0 spiro atoms. The highest BCUT2D eigenvalue weighted by Gasteiger charge is 2.57. The number of hydrogen-bond donors (Lipinski definition) is 3. The molecule has 1 aromatic carbocycles. The van der Waals surface area contributed by atoms with E-state index in [9.17, 15) is 20.1 Å². The number of carboxylic acids is 1. The molecule has 4 atom stereocenters. The Kier molecular flexibility index (Phi) is 3.95. The lowest BCUT2D eigenvalue weighted by molar-refractivity contribution is -0.162. The van der Waals surface area contributed by atoms with E-state index in [4.69, 9.17) is 0 Å². The van der Waals surface area contributed by atoms with Crippen molar-refractivity contribution >= 4 is 5.97 Å². The smallest absolute Gasteiger partial charge is 0.309 e. The van der Waals surface area contributed by atoms with Crippen molar-refractivity contribution in [2.45, 2.75) is 70.8 Å². The van der Waals surface area contributed by atoms with Gasteiger partial charge in [-0.3, -0.25) is 4.79 Å². The fraction of sp³-hybridized carbons (Fsp3) is 0.650. The minimum atomic E-state index is -0.934. The summed E-state index contributed by atoms with van der Waals surface area (Å²) >= 11 is 0. The van der Waals surface area contributed by atoms with Crippen LogP contribution in [0.2, 0.25) is 0 Å². The molecule has 0 bridgehead atoms. The van der Waals surface area contributed by atoms with Crippen LogP contribution in [0.4, 0.5) is 0 Å². The van der Waals surface area contributed by atoms with E-state index in [1.165, 1.54) is 0 Å². The standard InChI is InChI=1S/C20H28O4/c1-11(2)13-5-7-15-14(17(13)22)6-8-16-19(15,3)9-12(21)10-20(16,4)18(23)24/h5,7,11-12,16,21-22H,6,8-10H2,1-4H3,(H,23,24). The highest BCUT2D eigenvalue weighted by molar-refractivity contribution is 5.75. The van der Waals surface area contributed by atoms with Crippen LogP contribution in [0, 0.1) is 11.3 Å². The van der Waals surface area contributed by atoms with E-state index in [0.29, 0.717) is 25.0 Å². The summed E-state index contributed by atoms with van der Waals surface area (Å²) in [4.78, 5) is 12.0. The Morgan fingerprint density at radius 3 is 2.50 bits per heavy atom. The number of aliphatic carboxylic acids is 1. The zero-order valence-electron chi connectivity index (χ0n) is 15.0. The average Bonchev–Trinajstić information content (AvgIpc) is 2.46. The van der Waals surface area contributed by atoms with E-state index in [0.717, 1.165) is 23.1 Å². The van der Waals surface area contributed by atoms with Gasteiger partial charge in [-0.25, -0.2) is 0 Å².